The van der Waals surface area contributed by atoms with E-state index >= 15 is 0 Å². The average Bonchev–Trinajstić information content (AvgIpc) is 2.38. The SMILES string of the molecule is CCN(CCC(O)c1ccc(Br)cc1Cl)C(C)CN(C)C. The number of aliphatic hydroxyl groups excluding tert-OH is 1. The summed E-state index contributed by atoms with van der Waals surface area (Å²) in [6, 6.07) is 6.09. The Morgan fingerprint density at radius 1 is 1.33 bits per heavy atom. The first-order valence-corrected chi connectivity index (χ1v) is 8.54. The van der Waals surface area contributed by atoms with Crippen LogP contribution in [0.1, 0.15) is 31.9 Å². The molecule has 0 spiro atoms. The van der Waals surface area contributed by atoms with Crippen LogP contribution in [0.4, 0.5) is 0 Å². The van der Waals surface area contributed by atoms with E-state index in [1.807, 2.05) is 18.2 Å². The van der Waals surface area contributed by atoms with Crippen molar-refractivity contribution in [3.63, 3.8) is 0 Å². The maximum absolute atomic E-state index is 10.4. The number of nitrogens with zero attached hydrogens (tertiary/aromatic N) is 2. The molecule has 0 saturated heterocycles. The highest BCUT2D eigenvalue weighted by atomic mass is 79.9. The lowest BCUT2D eigenvalue weighted by molar-refractivity contribution is 0.121. The first-order valence-electron chi connectivity index (χ1n) is 7.37. The molecule has 0 aliphatic carbocycles. The zero-order valence-corrected chi connectivity index (χ0v) is 15.7. The first kappa shape index (κ1) is 18.9. The van der Waals surface area contributed by atoms with E-state index in [0.29, 0.717) is 17.5 Å². The number of benzene rings is 1. The maximum atomic E-state index is 10.4. The molecule has 21 heavy (non-hydrogen) atoms. The lowest BCUT2D eigenvalue weighted by atomic mass is 10.1. The number of hydrogen-bond acceptors (Lipinski definition) is 3. The van der Waals surface area contributed by atoms with Gasteiger partial charge in [-0.25, -0.2) is 0 Å². The van der Waals surface area contributed by atoms with E-state index in [0.717, 1.165) is 29.7 Å². The van der Waals surface area contributed by atoms with Crippen molar-refractivity contribution in [3.8, 4) is 0 Å². The minimum Gasteiger partial charge on any atom is -0.388 e. The molecule has 2 unspecified atom stereocenters. The molecule has 1 rings (SSSR count). The smallest absolute Gasteiger partial charge is 0.0816 e. The minimum absolute atomic E-state index is 0.470. The summed E-state index contributed by atoms with van der Waals surface area (Å²) in [6.45, 7) is 7.24. The normalized spacial score (nSPS) is 14.7. The molecule has 0 heterocycles. The van der Waals surface area contributed by atoms with Gasteiger partial charge in [-0.1, -0.05) is 40.5 Å². The van der Waals surface area contributed by atoms with E-state index in [1.54, 1.807) is 0 Å². The second kappa shape index (κ2) is 9.11. The summed E-state index contributed by atoms with van der Waals surface area (Å²) in [7, 11) is 4.17. The summed E-state index contributed by atoms with van der Waals surface area (Å²) in [4.78, 5) is 4.57. The molecule has 0 radical (unpaired) electrons. The van der Waals surface area contributed by atoms with Gasteiger partial charge in [0.25, 0.3) is 0 Å². The van der Waals surface area contributed by atoms with E-state index < -0.39 is 6.10 Å². The predicted octanol–water partition coefficient (Wildman–Crippen LogP) is 3.80. The highest BCUT2D eigenvalue weighted by Gasteiger charge is 2.17. The van der Waals surface area contributed by atoms with E-state index in [-0.39, 0.29) is 0 Å². The topological polar surface area (TPSA) is 26.7 Å². The van der Waals surface area contributed by atoms with E-state index in [4.69, 9.17) is 11.6 Å². The van der Waals surface area contributed by atoms with Crippen LogP contribution in [0.5, 0.6) is 0 Å². The zero-order valence-electron chi connectivity index (χ0n) is 13.3. The van der Waals surface area contributed by atoms with Gasteiger partial charge in [-0.05, 0) is 51.7 Å². The van der Waals surface area contributed by atoms with Crippen LogP contribution in [-0.4, -0.2) is 54.7 Å². The minimum atomic E-state index is -0.522. The highest BCUT2D eigenvalue weighted by molar-refractivity contribution is 9.10. The largest absolute Gasteiger partial charge is 0.388 e. The van der Waals surface area contributed by atoms with Crippen molar-refractivity contribution in [1.82, 2.24) is 9.80 Å². The second-order valence-electron chi connectivity index (χ2n) is 5.71. The number of halogens is 2. The summed E-state index contributed by atoms with van der Waals surface area (Å²) < 4.78 is 0.929. The van der Waals surface area contributed by atoms with E-state index in [1.165, 1.54) is 0 Å². The Labute approximate surface area is 142 Å². The van der Waals surface area contributed by atoms with Crippen molar-refractivity contribution in [3.05, 3.63) is 33.3 Å². The monoisotopic (exact) mass is 376 g/mol. The molecule has 0 saturated carbocycles. The van der Waals surface area contributed by atoms with Crippen LogP contribution >= 0.6 is 27.5 Å². The van der Waals surface area contributed by atoms with Crippen molar-refractivity contribution in [2.45, 2.75) is 32.4 Å². The van der Waals surface area contributed by atoms with Crippen molar-refractivity contribution in [2.75, 3.05) is 33.7 Å². The van der Waals surface area contributed by atoms with E-state index in [9.17, 15) is 5.11 Å². The van der Waals surface area contributed by atoms with Gasteiger partial charge < -0.3 is 10.0 Å². The van der Waals surface area contributed by atoms with Crippen molar-refractivity contribution >= 4 is 27.5 Å². The zero-order chi connectivity index (χ0) is 16.0. The molecule has 0 bridgehead atoms. The molecule has 0 amide bonds. The third kappa shape index (κ3) is 6.25. The number of aliphatic hydroxyl groups is 1. The van der Waals surface area contributed by atoms with Gasteiger partial charge in [0.05, 0.1) is 6.10 Å². The molecule has 120 valence electrons. The molecule has 0 fully saturated rings. The van der Waals surface area contributed by atoms with Crippen LogP contribution in [0.2, 0.25) is 5.02 Å². The number of rotatable bonds is 8. The molecule has 0 aliphatic rings. The van der Waals surface area contributed by atoms with Crippen LogP contribution in [0.15, 0.2) is 22.7 Å². The Bertz CT molecular complexity index is 442. The first-order chi connectivity index (χ1) is 9.85. The molecule has 0 aliphatic heterocycles. The molecule has 1 aromatic rings. The number of hydrogen-bond donors (Lipinski definition) is 1. The third-order valence-electron chi connectivity index (χ3n) is 3.67. The third-order valence-corrected chi connectivity index (χ3v) is 4.49. The summed E-state index contributed by atoms with van der Waals surface area (Å²) in [5.41, 5.74) is 0.802. The predicted molar refractivity (Wildman–Crippen MR) is 94.0 cm³/mol. The van der Waals surface area contributed by atoms with Crippen molar-refractivity contribution in [2.24, 2.45) is 0 Å². The summed E-state index contributed by atoms with van der Waals surface area (Å²) in [5.74, 6) is 0. The van der Waals surface area contributed by atoms with Crippen molar-refractivity contribution < 1.29 is 5.11 Å². The Morgan fingerprint density at radius 3 is 2.52 bits per heavy atom. The molecule has 1 N–H and O–H groups in total. The van der Waals surface area contributed by atoms with Crippen LogP contribution in [0, 0.1) is 0 Å². The molecule has 0 aromatic heterocycles. The fraction of sp³-hybridized carbons (Fsp3) is 0.625. The van der Waals surface area contributed by atoms with Gasteiger partial charge in [-0.15, -0.1) is 0 Å². The van der Waals surface area contributed by atoms with Gasteiger partial charge >= 0.3 is 0 Å². The van der Waals surface area contributed by atoms with Crippen LogP contribution < -0.4 is 0 Å². The molecular weight excluding hydrogens is 352 g/mol. The lowest BCUT2D eigenvalue weighted by Gasteiger charge is -2.30. The fourth-order valence-electron chi connectivity index (χ4n) is 2.55. The average molecular weight is 378 g/mol. The Kier molecular flexibility index (Phi) is 8.21. The van der Waals surface area contributed by atoms with Gasteiger partial charge in [0.15, 0.2) is 0 Å². The molecular formula is C16H26BrClN2O. The summed E-state index contributed by atoms with van der Waals surface area (Å²) in [5, 5.41) is 11.0. The Hall–Kier alpha value is -0.130. The second-order valence-corrected chi connectivity index (χ2v) is 7.03. The van der Waals surface area contributed by atoms with Gasteiger partial charge in [0.2, 0.25) is 0 Å². The fourth-order valence-corrected chi connectivity index (χ4v) is 3.35. The number of likely N-dealkylation sites (N-methyl/N-ethyl adjacent to an activating group) is 2. The van der Waals surface area contributed by atoms with Gasteiger partial charge in [-0.3, -0.25) is 4.90 Å². The molecule has 2 atom stereocenters. The highest BCUT2D eigenvalue weighted by Crippen LogP contribution is 2.28. The molecule has 5 heteroatoms. The van der Waals surface area contributed by atoms with Crippen molar-refractivity contribution in [1.29, 1.82) is 0 Å². The van der Waals surface area contributed by atoms with Gasteiger partial charge in [0, 0.05) is 28.6 Å². The van der Waals surface area contributed by atoms with E-state index in [2.05, 4.69) is 53.7 Å². The van der Waals surface area contributed by atoms with Gasteiger partial charge in [0.1, 0.15) is 0 Å². The molecule has 3 nitrogen and oxygen atoms in total. The van der Waals surface area contributed by atoms with Gasteiger partial charge in [-0.2, -0.15) is 0 Å². The summed E-state index contributed by atoms with van der Waals surface area (Å²) in [6.07, 6.45) is 0.165. The quantitative estimate of drug-likeness (QED) is 0.746. The maximum Gasteiger partial charge on any atom is 0.0816 e. The Morgan fingerprint density at radius 2 is 2.00 bits per heavy atom. The summed E-state index contributed by atoms with van der Waals surface area (Å²) >= 11 is 9.58. The van der Waals surface area contributed by atoms with Crippen LogP contribution in [0.25, 0.3) is 0 Å². The standard InChI is InChI=1S/C16H26BrClN2O/c1-5-20(12(2)11-19(3)4)9-8-16(21)14-7-6-13(17)10-15(14)18/h6-7,10,12,16,21H,5,8-9,11H2,1-4H3. The lowest BCUT2D eigenvalue weighted by Crippen LogP contribution is -2.40. The van der Waals surface area contributed by atoms with Crippen LogP contribution in [-0.2, 0) is 0 Å². The molecule has 1 aromatic carbocycles. The van der Waals surface area contributed by atoms with Crippen LogP contribution in [0.3, 0.4) is 0 Å². The Balaban J connectivity index is 2.59.